The number of para-hydroxylation sites is 1. The molecule has 1 amide bonds. The predicted octanol–water partition coefficient (Wildman–Crippen LogP) is 3.77. The van der Waals surface area contributed by atoms with Gasteiger partial charge in [-0.05, 0) is 30.2 Å². The van der Waals surface area contributed by atoms with Crippen LogP contribution in [0, 0.1) is 0 Å². The Bertz CT molecular complexity index is 1240. The number of anilines is 1. The summed E-state index contributed by atoms with van der Waals surface area (Å²) in [4.78, 5) is 35.6. The molecule has 0 radical (unpaired) electrons. The maximum Gasteiger partial charge on any atom is 0.272 e. The average Bonchev–Trinajstić information content (AvgIpc) is 3.09. The van der Waals surface area contributed by atoms with Gasteiger partial charge < -0.3 is 5.32 Å². The highest BCUT2D eigenvalue weighted by molar-refractivity contribution is 7.25. The van der Waals surface area contributed by atoms with Gasteiger partial charge in [0.15, 0.2) is 0 Å². The Morgan fingerprint density at radius 2 is 1.96 bits per heavy atom. The van der Waals surface area contributed by atoms with E-state index in [1.54, 1.807) is 6.20 Å². The number of hydrogen-bond donors (Lipinski definition) is 1. The van der Waals surface area contributed by atoms with Crippen LogP contribution in [-0.4, -0.2) is 20.4 Å². The Hall–Kier alpha value is -3.06. The van der Waals surface area contributed by atoms with E-state index in [4.69, 9.17) is 0 Å². The van der Waals surface area contributed by atoms with E-state index in [2.05, 4.69) is 15.3 Å². The first kappa shape index (κ1) is 18.3. The van der Waals surface area contributed by atoms with Crippen molar-refractivity contribution in [1.82, 2.24) is 14.5 Å². The van der Waals surface area contributed by atoms with E-state index in [0.717, 1.165) is 27.9 Å². The van der Waals surface area contributed by atoms with Gasteiger partial charge in [0.05, 0.1) is 5.52 Å². The number of carbonyl (C=O) groups is 1. The number of fused-ring (bicyclic) bond motifs is 3. The molecule has 0 aliphatic carbocycles. The fourth-order valence-electron chi connectivity index (χ4n) is 3.32. The SMILES string of the molecule is CCc1ccccc1NC(=O)Cn1c(CC)nc2c(sc3ncccc32)c1=O. The molecule has 142 valence electrons. The Labute approximate surface area is 165 Å². The van der Waals surface area contributed by atoms with Gasteiger partial charge in [0.2, 0.25) is 5.91 Å². The van der Waals surface area contributed by atoms with Gasteiger partial charge in [-0.2, -0.15) is 0 Å². The summed E-state index contributed by atoms with van der Waals surface area (Å²) >= 11 is 1.32. The molecule has 4 rings (SSSR count). The fourth-order valence-corrected chi connectivity index (χ4v) is 4.35. The standard InChI is InChI=1S/C21H20N4O2S/c1-3-13-8-5-6-10-15(13)23-17(26)12-25-16(4-2)24-18-14-9-7-11-22-20(14)28-19(18)21(25)27/h5-11H,3-4,12H2,1-2H3,(H,23,26). The summed E-state index contributed by atoms with van der Waals surface area (Å²) in [5, 5.41) is 3.81. The third-order valence-corrected chi connectivity index (χ3v) is 5.81. The van der Waals surface area contributed by atoms with Crippen molar-refractivity contribution in [2.75, 3.05) is 5.32 Å². The van der Waals surface area contributed by atoms with Crippen molar-refractivity contribution in [2.24, 2.45) is 0 Å². The molecule has 0 aliphatic rings. The van der Waals surface area contributed by atoms with Gasteiger partial charge in [0, 0.05) is 23.7 Å². The monoisotopic (exact) mass is 392 g/mol. The number of benzene rings is 1. The third kappa shape index (κ3) is 3.18. The summed E-state index contributed by atoms with van der Waals surface area (Å²) in [5.74, 6) is 0.359. The highest BCUT2D eigenvalue weighted by atomic mass is 32.1. The fraction of sp³-hybridized carbons (Fsp3) is 0.238. The van der Waals surface area contributed by atoms with Crippen molar-refractivity contribution in [3.8, 4) is 0 Å². The lowest BCUT2D eigenvalue weighted by molar-refractivity contribution is -0.116. The molecule has 0 unspecified atom stereocenters. The molecule has 0 atom stereocenters. The van der Waals surface area contributed by atoms with Crippen molar-refractivity contribution in [3.05, 3.63) is 64.3 Å². The summed E-state index contributed by atoms with van der Waals surface area (Å²) in [6.07, 6.45) is 3.08. The van der Waals surface area contributed by atoms with Crippen LogP contribution in [0.15, 0.2) is 47.4 Å². The highest BCUT2D eigenvalue weighted by Crippen LogP contribution is 2.28. The van der Waals surface area contributed by atoms with E-state index in [9.17, 15) is 9.59 Å². The second-order valence-corrected chi connectivity index (χ2v) is 7.47. The van der Waals surface area contributed by atoms with Gasteiger partial charge in [-0.1, -0.05) is 32.0 Å². The van der Waals surface area contributed by atoms with Crippen LogP contribution in [0.5, 0.6) is 0 Å². The molecule has 4 aromatic rings. The van der Waals surface area contributed by atoms with E-state index in [-0.39, 0.29) is 18.0 Å². The molecule has 0 bridgehead atoms. The topological polar surface area (TPSA) is 76.9 Å². The van der Waals surface area contributed by atoms with Crippen LogP contribution in [0.1, 0.15) is 25.2 Å². The Balaban J connectivity index is 1.73. The second kappa shape index (κ2) is 7.52. The normalized spacial score (nSPS) is 11.2. The number of rotatable bonds is 5. The maximum atomic E-state index is 13.1. The first-order valence-electron chi connectivity index (χ1n) is 9.27. The number of thiophene rings is 1. The van der Waals surface area contributed by atoms with Crippen LogP contribution in [0.4, 0.5) is 5.69 Å². The lowest BCUT2D eigenvalue weighted by Crippen LogP contribution is -2.30. The minimum absolute atomic E-state index is 0.0648. The first-order valence-corrected chi connectivity index (χ1v) is 10.1. The summed E-state index contributed by atoms with van der Waals surface area (Å²) in [6.45, 7) is 3.91. The van der Waals surface area contributed by atoms with Crippen LogP contribution in [0.2, 0.25) is 0 Å². The number of nitrogens with one attached hydrogen (secondary N) is 1. The van der Waals surface area contributed by atoms with Gasteiger partial charge >= 0.3 is 0 Å². The van der Waals surface area contributed by atoms with E-state index < -0.39 is 0 Å². The van der Waals surface area contributed by atoms with E-state index in [1.165, 1.54) is 15.9 Å². The molecule has 3 aromatic heterocycles. The molecule has 7 heteroatoms. The Morgan fingerprint density at radius 1 is 1.14 bits per heavy atom. The van der Waals surface area contributed by atoms with Crippen molar-refractivity contribution in [2.45, 2.75) is 33.2 Å². The molecular weight excluding hydrogens is 372 g/mol. The van der Waals surface area contributed by atoms with Crippen molar-refractivity contribution in [3.63, 3.8) is 0 Å². The van der Waals surface area contributed by atoms with Crippen molar-refractivity contribution >= 4 is 43.4 Å². The van der Waals surface area contributed by atoms with Gasteiger partial charge in [0.1, 0.15) is 21.9 Å². The number of amides is 1. The average molecular weight is 392 g/mol. The van der Waals surface area contributed by atoms with Crippen LogP contribution in [-0.2, 0) is 24.2 Å². The molecule has 1 aromatic carbocycles. The van der Waals surface area contributed by atoms with Crippen LogP contribution >= 0.6 is 11.3 Å². The van der Waals surface area contributed by atoms with E-state index in [0.29, 0.717) is 22.5 Å². The highest BCUT2D eigenvalue weighted by Gasteiger charge is 2.17. The minimum Gasteiger partial charge on any atom is -0.324 e. The van der Waals surface area contributed by atoms with E-state index >= 15 is 0 Å². The molecule has 0 aliphatic heterocycles. The van der Waals surface area contributed by atoms with E-state index in [1.807, 2.05) is 50.2 Å². The molecule has 1 N–H and O–H groups in total. The quantitative estimate of drug-likeness (QED) is 0.561. The number of aromatic nitrogens is 3. The molecule has 0 saturated heterocycles. The van der Waals surface area contributed by atoms with Crippen molar-refractivity contribution < 1.29 is 4.79 Å². The van der Waals surface area contributed by atoms with Gasteiger partial charge in [-0.3, -0.25) is 14.2 Å². The number of nitrogens with zero attached hydrogens (tertiary/aromatic N) is 3. The molecular formula is C21H20N4O2S. The van der Waals surface area contributed by atoms with Gasteiger partial charge in [0.25, 0.3) is 5.56 Å². The number of carbonyl (C=O) groups excluding carboxylic acids is 1. The third-order valence-electron chi connectivity index (χ3n) is 4.72. The molecule has 6 nitrogen and oxygen atoms in total. The molecule has 3 heterocycles. The lowest BCUT2D eigenvalue weighted by atomic mass is 10.1. The zero-order chi connectivity index (χ0) is 19.7. The lowest BCUT2D eigenvalue weighted by Gasteiger charge is -2.13. The molecule has 0 saturated carbocycles. The second-order valence-electron chi connectivity index (χ2n) is 6.47. The Morgan fingerprint density at radius 3 is 2.75 bits per heavy atom. The zero-order valence-corrected chi connectivity index (χ0v) is 16.5. The smallest absolute Gasteiger partial charge is 0.272 e. The summed E-state index contributed by atoms with van der Waals surface area (Å²) in [5.41, 5.74) is 2.32. The molecule has 0 spiro atoms. The van der Waals surface area contributed by atoms with Crippen LogP contribution in [0.3, 0.4) is 0 Å². The summed E-state index contributed by atoms with van der Waals surface area (Å²) in [7, 11) is 0. The predicted molar refractivity (Wildman–Crippen MR) is 113 cm³/mol. The van der Waals surface area contributed by atoms with Crippen molar-refractivity contribution in [1.29, 1.82) is 0 Å². The Kier molecular flexibility index (Phi) is 4.92. The van der Waals surface area contributed by atoms with Crippen LogP contribution < -0.4 is 10.9 Å². The van der Waals surface area contributed by atoms with Crippen LogP contribution in [0.25, 0.3) is 20.4 Å². The largest absolute Gasteiger partial charge is 0.324 e. The van der Waals surface area contributed by atoms with Gasteiger partial charge in [-0.15, -0.1) is 11.3 Å². The summed E-state index contributed by atoms with van der Waals surface area (Å²) < 4.78 is 2.01. The summed E-state index contributed by atoms with van der Waals surface area (Å²) in [6, 6.07) is 11.5. The molecule has 28 heavy (non-hydrogen) atoms. The molecule has 0 fully saturated rings. The maximum absolute atomic E-state index is 13.1. The minimum atomic E-state index is -0.238. The number of hydrogen-bond acceptors (Lipinski definition) is 5. The zero-order valence-electron chi connectivity index (χ0n) is 15.7. The van der Waals surface area contributed by atoms with Gasteiger partial charge in [-0.25, -0.2) is 9.97 Å². The number of aryl methyl sites for hydroxylation is 2. The first-order chi connectivity index (χ1) is 13.6. The number of pyridine rings is 1.